The Bertz CT molecular complexity index is 382. The predicted molar refractivity (Wildman–Crippen MR) is 89.4 cm³/mol. The highest BCUT2D eigenvalue weighted by molar-refractivity contribution is 5.14. The van der Waals surface area contributed by atoms with Crippen molar-refractivity contribution in [3.63, 3.8) is 0 Å². The van der Waals surface area contributed by atoms with Crippen LogP contribution in [0.15, 0.2) is 30.3 Å². The standard InChI is InChI=1S/C19H31NO/c1-2-21-19(15-8-3-4-9-16-19)18(20)14-10-13-17-11-6-5-7-12-17/h5-7,11-12,18H,2-4,8-10,13-16,20H2,1H3. The average molecular weight is 289 g/mol. The maximum atomic E-state index is 6.58. The smallest absolute Gasteiger partial charge is 0.0832 e. The molecule has 2 nitrogen and oxygen atoms in total. The van der Waals surface area contributed by atoms with Crippen molar-refractivity contribution in [2.24, 2.45) is 5.73 Å². The number of hydrogen-bond acceptors (Lipinski definition) is 2. The van der Waals surface area contributed by atoms with Crippen LogP contribution in [0.4, 0.5) is 0 Å². The Morgan fingerprint density at radius 2 is 1.76 bits per heavy atom. The van der Waals surface area contributed by atoms with E-state index in [0.29, 0.717) is 0 Å². The molecule has 118 valence electrons. The minimum absolute atomic E-state index is 0.0536. The molecule has 1 unspecified atom stereocenters. The quantitative estimate of drug-likeness (QED) is 0.752. The third-order valence-corrected chi connectivity index (χ3v) is 4.88. The average Bonchev–Trinajstić information content (AvgIpc) is 2.75. The zero-order valence-corrected chi connectivity index (χ0v) is 13.5. The Morgan fingerprint density at radius 1 is 1.10 bits per heavy atom. The van der Waals surface area contributed by atoms with Gasteiger partial charge in [0, 0.05) is 12.6 Å². The van der Waals surface area contributed by atoms with Crippen molar-refractivity contribution in [3.05, 3.63) is 35.9 Å². The van der Waals surface area contributed by atoms with Crippen LogP contribution in [0.3, 0.4) is 0 Å². The molecule has 1 aliphatic rings. The Hall–Kier alpha value is -0.860. The van der Waals surface area contributed by atoms with Gasteiger partial charge in [0.15, 0.2) is 0 Å². The number of nitrogens with two attached hydrogens (primary N) is 1. The van der Waals surface area contributed by atoms with Crippen molar-refractivity contribution in [1.29, 1.82) is 0 Å². The van der Waals surface area contributed by atoms with Gasteiger partial charge < -0.3 is 10.5 Å². The van der Waals surface area contributed by atoms with E-state index in [1.54, 1.807) is 0 Å². The maximum absolute atomic E-state index is 6.58. The molecule has 1 saturated carbocycles. The monoisotopic (exact) mass is 289 g/mol. The van der Waals surface area contributed by atoms with E-state index in [0.717, 1.165) is 38.7 Å². The lowest BCUT2D eigenvalue weighted by Gasteiger charge is -2.38. The van der Waals surface area contributed by atoms with Gasteiger partial charge in [0.2, 0.25) is 0 Å². The Balaban J connectivity index is 1.87. The van der Waals surface area contributed by atoms with Crippen LogP contribution in [0.2, 0.25) is 0 Å². The van der Waals surface area contributed by atoms with E-state index < -0.39 is 0 Å². The number of benzene rings is 1. The van der Waals surface area contributed by atoms with Gasteiger partial charge in [0.05, 0.1) is 5.60 Å². The first-order chi connectivity index (χ1) is 10.3. The molecule has 2 rings (SSSR count). The lowest BCUT2D eigenvalue weighted by molar-refractivity contribution is -0.0703. The summed E-state index contributed by atoms with van der Waals surface area (Å²) in [6.07, 6.45) is 10.8. The van der Waals surface area contributed by atoms with Gasteiger partial charge in [-0.3, -0.25) is 0 Å². The highest BCUT2D eigenvalue weighted by Gasteiger charge is 2.37. The van der Waals surface area contributed by atoms with Crippen molar-refractivity contribution in [1.82, 2.24) is 0 Å². The summed E-state index contributed by atoms with van der Waals surface area (Å²) in [5.74, 6) is 0. The molecule has 1 aliphatic carbocycles. The summed E-state index contributed by atoms with van der Waals surface area (Å²) >= 11 is 0. The van der Waals surface area contributed by atoms with Gasteiger partial charge in [-0.15, -0.1) is 0 Å². The molecule has 2 heteroatoms. The highest BCUT2D eigenvalue weighted by Crippen LogP contribution is 2.34. The van der Waals surface area contributed by atoms with E-state index in [1.165, 1.54) is 31.2 Å². The van der Waals surface area contributed by atoms with Crippen LogP contribution in [-0.4, -0.2) is 18.2 Å². The molecule has 1 fully saturated rings. The van der Waals surface area contributed by atoms with Crippen LogP contribution in [0.25, 0.3) is 0 Å². The molecular weight excluding hydrogens is 258 g/mol. The lowest BCUT2D eigenvalue weighted by atomic mass is 9.83. The minimum atomic E-state index is -0.0536. The second kappa shape index (κ2) is 8.55. The van der Waals surface area contributed by atoms with Crippen LogP contribution < -0.4 is 5.73 Å². The first-order valence-electron chi connectivity index (χ1n) is 8.70. The summed E-state index contributed by atoms with van der Waals surface area (Å²) < 4.78 is 6.19. The predicted octanol–water partition coefficient (Wildman–Crippen LogP) is 4.47. The molecule has 2 N–H and O–H groups in total. The van der Waals surface area contributed by atoms with E-state index in [9.17, 15) is 0 Å². The van der Waals surface area contributed by atoms with E-state index in [4.69, 9.17) is 10.5 Å². The van der Waals surface area contributed by atoms with Crippen molar-refractivity contribution < 1.29 is 4.74 Å². The third kappa shape index (κ3) is 4.82. The number of aryl methyl sites for hydroxylation is 1. The molecule has 0 amide bonds. The Morgan fingerprint density at radius 3 is 2.38 bits per heavy atom. The molecule has 0 saturated heterocycles. The fourth-order valence-corrected chi connectivity index (χ4v) is 3.67. The van der Waals surface area contributed by atoms with Crippen molar-refractivity contribution >= 4 is 0 Å². The molecule has 1 atom stereocenters. The molecule has 0 radical (unpaired) electrons. The molecule has 0 heterocycles. The van der Waals surface area contributed by atoms with Crippen LogP contribution in [0.5, 0.6) is 0 Å². The number of hydrogen-bond donors (Lipinski definition) is 1. The van der Waals surface area contributed by atoms with Gasteiger partial charge in [-0.2, -0.15) is 0 Å². The minimum Gasteiger partial charge on any atom is -0.374 e. The van der Waals surface area contributed by atoms with E-state index in [2.05, 4.69) is 37.3 Å². The molecule has 1 aromatic carbocycles. The first-order valence-corrected chi connectivity index (χ1v) is 8.70. The van der Waals surface area contributed by atoms with Gasteiger partial charge >= 0.3 is 0 Å². The van der Waals surface area contributed by atoms with Gasteiger partial charge in [-0.1, -0.05) is 56.0 Å². The number of rotatable bonds is 7. The fourth-order valence-electron chi connectivity index (χ4n) is 3.67. The zero-order valence-electron chi connectivity index (χ0n) is 13.5. The van der Waals surface area contributed by atoms with E-state index in [-0.39, 0.29) is 11.6 Å². The summed E-state index contributed by atoms with van der Waals surface area (Å²) in [6, 6.07) is 10.9. The van der Waals surface area contributed by atoms with Crippen molar-refractivity contribution in [2.45, 2.75) is 76.4 Å². The maximum Gasteiger partial charge on any atom is 0.0832 e. The van der Waals surface area contributed by atoms with E-state index >= 15 is 0 Å². The highest BCUT2D eigenvalue weighted by atomic mass is 16.5. The van der Waals surface area contributed by atoms with Crippen molar-refractivity contribution in [2.75, 3.05) is 6.61 Å². The summed E-state index contributed by atoms with van der Waals surface area (Å²) in [5, 5.41) is 0. The second-order valence-electron chi connectivity index (χ2n) is 6.40. The molecule has 0 aliphatic heterocycles. The van der Waals surface area contributed by atoms with E-state index in [1.807, 2.05) is 0 Å². The van der Waals surface area contributed by atoms with Crippen LogP contribution in [-0.2, 0) is 11.2 Å². The molecular formula is C19H31NO. The molecule has 21 heavy (non-hydrogen) atoms. The van der Waals surface area contributed by atoms with Crippen LogP contribution in [0.1, 0.15) is 63.9 Å². The Kier molecular flexibility index (Phi) is 6.72. The largest absolute Gasteiger partial charge is 0.374 e. The fraction of sp³-hybridized carbons (Fsp3) is 0.684. The van der Waals surface area contributed by atoms with Gasteiger partial charge in [-0.25, -0.2) is 0 Å². The molecule has 0 spiro atoms. The molecule has 0 bridgehead atoms. The summed E-state index contributed by atoms with van der Waals surface area (Å²) in [6.45, 7) is 2.88. The Labute approximate surface area is 130 Å². The summed E-state index contributed by atoms with van der Waals surface area (Å²) in [7, 11) is 0. The van der Waals surface area contributed by atoms with Crippen molar-refractivity contribution in [3.8, 4) is 0 Å². The van der Waals surface area contributed by atoms with Crippen LogP contribution >= 0.6 is 0 Å². The van der Waals surface area contributed by atoms with Gasteiger partial charge in [0.1, 0.15) is 0 Å². The SMILES string of the molecule is CCOC1(C(N)CCCc2ccccc2)CCCCCC1. The van der Waals surface area contributed by atoms with Crippen LogP contribution in [0, 0.1) is 0 Å². The second-order valence-corrected chi connectivity index (χ2v) is 6.40. The topological polar surface area (TPSA) is 35.2 Å². The first kappa shape index (κ1) is 16.5. The third-order valence-electron chi connectivity index (χ3n) is 4.88. The lowest BCUT2D eigenvalue weighted by Crippen LogP contribution is -2.50. The zero-order chi connectivity index (χ0) is 15.0. The molecule has 0 aromatic heterocycles. The normalized spacial score (nSPS) is 19.9. The molecule has 1 aromatic rings. The summed E-state index contributed by atoms with van der Waals surface area (Å²) in [4.78, 5) is 0. The van der Waals surface area contributed by atoms with Gasteiger partial charge in [0.25, 0.3) is 0 Å². The number of ether oxygens (including phenoxy) is 1. The summed E-state index contributed by atoms with van der Waals surface area (Å²) in [5.41, 5.74) is 7.94. The van der Waals surface area contributed by atoms with Gasteiger partial charge in [-0.05, 0) is 44.6 Å².